The first-order valence-corrected chi connectivity index (χ1v) is 8.10. The van der Waals surface area contributed by atoms with Crippen molar-refractivity contribution in [2.45, 2.75) is 33.1 Å². The lowest BCUT2D eigenvalue weighted by atomic mass is 9.83. The van der Waals surface area contributed by atoms with Crippen LogP contribution in [0.1, 0.15) is 33.1 Å². The summed E-state index contributed by atoms with van der Waals surface area (Å²) in [4.78, 5) is 11.8. The number of carbonyl (C=O) groups is 1. The summed E-state index contributed by atoms with van der Waals surface area (Å²) < 4.78 is 6.48. The first-order chi connectivity index (χ1) is 10.0. The maximum absolute atomic E-state index is 11.8. The van der Waals surface area contributed by atoms with Crippen LogP contribution >= 0.6 is 15.9 Å². The van der Waals surface area contributed by atoms with E-state index in [1.807, 2.05) is 38.1 Å². The molecule has 0 aliphatic carbocycles. The molecule has 118 valence electrons. The first-order valence-electron chi connectivity index (χ1n) is 7.31. The summed E-state index contributed by atoms with van der Waals surface area (Å²) in [6.07, 6.45) is 1.99. The molecule has 21 heavy (non-hydrogen) atoms. The summed E-state index contributed by atoms with van der Waals surface area (Å²) in [5, 5.41) is 12.3. The minimum atomic E-state index is -0.208. The van der Waals surface area contributed by atoms with E-state index in [0.29, 0.717) is 19.6 Å². The maximum atomic E-state index is 11.8. The van der Waals surface area contributed by atoms with E-state index in [1.165, 1.54) is 0 Å². The Labute approximate surface area is 135 Å². The van der Waals surface area contributed by atoms with Crippen molar-refractivity contribution in [1.82, 2.24) is 5.32 Å². The number of halogens is 1. The summed E-state index contributed by atoms with van der Waals surface area (Å²) in [5.41, 5.74) is -0.208. The number of hydrogen-bond acceptors (Lipinski definition) is 3. The molecule has 0 fully saturated rings. The van der Waals surface area contributed by atoms with Crippen molar-refractivity contribution in [2.75, 3.05) is 19.8 Å². The lowest BCUT2D eigenvalue weighted by Crippen LogP contribution is -2.39. The molecule has 1 rings (SSSR count). The highest BCUT2D eigenvalue weighted by atomic mass is 79.9. The Bertz CT molecular complexity index is 439. The van der Waals surface area contributed by atoms with Crippen LogP contribution in [0.15, 0.2) is 28.7 Å². The lowest BCUT2D eigenvalue weighted by Gasteiger charge is -2.29. The standard InChI is InChI=1S/C16H24BrNO3/c1-3-16(4-2,12-19)11-18-15(20)8-9-21-14-7-5-6-13(17)10-14/h5-7,10,19H,3-4,8-9,11-12H2,1-2H3,(H,18,20). The Morgan fingerprint density at radius 3 is 2.67 bits per heavy atom. The fourth-order valence-electron chi connectivity index (χ4n) is 1.97. The molecule has 0 spiro atoms. The molecule has 0 atom stereocenters. The van der Waals surface area contributed by atoms with Gasteiger partial charge in [-0.1, -0.05) is 35.8 Å². The molecule has 1 amide bonds. The maximum Gasteiger partial charge on any atom is 0.223 e. The average Bonchev–Trinajstić information content (AvgIpc) is 2.49. The number of amides is 1. The van der Waals surface area contributed by atoms with Gasteiger partial charge in [0.05, 0.1) is 19.6 Å². The van der Waals surface area contributed by atoms with Crippen LogP contribution in [0.5, 0.6) is 5.75 Å². The highest BCUT2D eigenvalue weighted by Crippen LogP contribution is 2.24. The van der Waals surface area contributed by atoms with E-state index < -0.39 is 0 Å². The Kier molecular flexibility index (Phi) is 7.75. The summed E-state index contributed by atoms with van der Waals surface area (Å²) in [5.74, 6) is 0.689. The molecule has 2 N–H and O–H groups in total. The van der Waals surface area contributed by atoms with Gasteiger partial charge in [0.1, 0.15) is 5.75 Å². The predicted molar refractivity (Wildman–Crippen MR) is 87.4 cm³/mol. The summed E-state index contributed by atoms with van der Waals surface area (Å²) >= 11 is 3.37. The zero-order chi connectivity index (χ0) is 15.7. The van der Waals surface area contributed by atoms with Gasteiger partial charge < -0.3 is 15.2 Å². The number of hydrogen-bond donors (Lipinski definition) is 2. The third-order valence-electron chi connectivity index (χ3n) is 3.89. The fourth-order valence-corrected chi connectivity index (χ4v) is 2.35. The highest BCUT2D eigenvalue weighted by Gasteiger charge is 2.25. The third kappa shape index (κ3) is 6.06. The number of aliphatic hydroxyl groups is 1. The monoisotopic (exact) mass is 357 g/mol. The molecule has 0 saturated carbocycles. The van der Waals surface area contributed by atoms with Gasteiger partial charge in [-0.25, -0.2) is 0 Å². The van der Waals surface area contributed by atoms with Crippen molar-refractivity contribution in [3.63, 3.8) is 0 Å². The van der Waals surface area contributed by atoms with Crippen molar-refractivity contribution in [3.05, 3.63) is 28.7 Å². The molecule has 1 aromatic carbocycles. The zero-order valence-corrected chi connectivity index (χ0v) is 14.3. The van der Waals surface area contributed by atoms with E-state index in [4.69, 9.17) is 4.74 Å². The molecule has 0 saturated heterocycles. The van der Waals surface area contributed by atoms with Crippen LogP contribution in [0.2, 0.25) is 0 Å². The average molecular weight is 358 g/mol. The Morgan fingerprint density at radius 2 is 2.10 bits per heavy atom. The zero-order valence-electron chi connectivity index (χ0n) is 12.7. The van der Waals surface area contributed by atoms with Crippen LogP contribution in [0.25, 0.3) is 0 Å². The number of rotatable bonds is 9. The molecule has 0 aliphatic rings. The van der Waals surface area contributed by atoms with E-state index in [1.54, 1.807) is 0 Å². The van der Waals surface area contributed by atoms with Gasteiger partial charge >= 0.3 is 0 Å². The van der Waals surface area contributed by atoms with E-state index in [2.05, 4.69) is 21.2 Å². The lowest BCUT2D eigenvalue weighted by molar-refractivity contribution is -0.122. The second-order valence-corrected chi connectivity index (χ2v) is 6.11. The van der Waals surface area contributed by atoms with E-state index in [9.17, 15) is 9.90 Å². The number of ether oxygens (including phenoxy) is 1. The topological polar surface area (TPSA) is 58.6 Å². The number of carbonyl (C=O) groups excluding carboxylic acids is 1. The van der Waals surface area contributed by atoms with Crippen LogP contribution in [0.3, 0.4) is 0 Å². The minimum absolute atomic E-state index is 0.0512. The Hall–Kier alpha value is -1.07. The normalized spacial score (nSPS) is 11.2. The molecule has 1 aromatic rings. The van der Waals surface area contributed by atoms with Crippen LogP contribution < -0.4 is 10.1 Å². The van der Waals surface area contributed by atoms with Gasteiger partial charge in [0, 0.05) is 16.4 Å². The number of benzene rings is 1. The van der Waals surface area contributed by atoms with E-state index in [0.717, 1.165) is 23.1 Å². The molecule has 0 heterocycles. The smallest absolute Gasteiger partial charge is 0.223 e. The Balaban J connectivity index is 2.31. The molecule has 0 radical (unpaired) electrons. The summed E-state index contributed by atoms with van der Waals surface area (Å²) in [6, 6.07) is 7.53. The van der Waals surface area contributed by atoms with Gasteiger partial charge in [-0.2, -0.15) is 0 Å². The summed E-state index contributed by atoms with van der Waals surface area (Å²) in [7, 11) is 0. The molecule has 4 nitrogen and oxygen atoms in total. The second-order valence-electron chi connectivity index (χ2n) is 5.20. The first kappa shape index (κ1) is 18.0. The third-order valence-corrected chi connectivity index (χ3v) is 4.38. The molecular formula is C16H24BrNO3. The number of nitrogens with one attached hydrogen (secondary N) is 1. The van der Waals surface area contributed by atoms with Gasteiger partial charge in [-0.05, 0) is 31.0 Å². The van der Waals surface area contributed by atoms with Crippen molar-refractivity contribution in [1.29, 1.82) is 0 Å². The number of aliphatic hydroxyl groups excluding tert-OH is 1. The van der Waals surface area contributed by atoms with Crippen molar-refractivity contribution in [2.24, 2.45) is 5.41 Å². The minimum Gasteiger partial charge on any atom is -0.493 e. The summed E-state index contributed by atoms with van der Waals surface area (Å²) in [6.45, 7) is 5.00. The predicted octanol–water partition coefficient (Wildman–Crippen LogP) is 3.13. The molecular weight excluding hydrogens is 334 g/mol. The molecule has 0 aromatic heterocycles. The molecule has 5 heteroatoms. The van der Waals surface area contributed by atoms with E-state index >= 15 is 0 Å². The van der Waals surface area contributed by atoms with Crippen molar-refractivity contribution in [3.8, 4) is 5.75 Å². The highest BCUT2D eigenvalue weighted by molar-refractivity contribution is 9.10. The van der Waals surface area contributed by atoms with Gasteiger partial charge in [0.25, 0.3) is 0 Å². The molecule has 0 bridgehead atoms. The SMILES string of the molecule is CCC(CC)(CO)CNC(=O)CCOc1cccc(Br)c1. The van der Waals surface area contributed by atoms with Crippen LogP contribution in [0, 0.1) is 5.41 Å². The van der Waals surface area contributed by atoms with Crippen LogP contribution in [0.4, 0.5) is 0 Å². The van der Waals surface area contributed by atoms with Gasteiger partial charge in [-0.15, -0.1) is 0 Å². The van der Waals surface area contributed by atoms with Crippen LogP contribution in [-0.2, 0) is 4.79 Å². The van der Waals surface area contributed by atoms with Gasteiger partial charge in [-0.3, -0.25) is 4.79 Å². The Morgan fingerprint density at radius 1 is 1.38 bits per heavy atom. The largest absolute Gasteiger partial charge is 0.493 e. The fraction of sp³-hybridized carbons (Fsp3) is 0.562. The van der Waals surface area contributed by atoms with Crippen molar-refractivity contribution >= 4 is 21.8 Å². The van der Waals surface area contributed by atoms with Crippen molar-refractivity contribution < 1.29 is 14.6 Å². The van der Waals surface area contributed by atoms with Gasteiger partial charge in [0.2, 0.25) is 5.91 Å². The molecule has 0 unspecified atom stereocenters. The quantitative estimate of drug-likeness (QED) is 0.713. The molecule has 0 aliphatic heterocycles. The second kappa shape index (κ2) is 9.05. The van der Waals surface area contributed by atoms with Crippen LogP contribution in [-0.4, -0.2) is 30.8 Å². The van der Waals surface area contributed by atoms with Gasteiger partial charge in [0.15, 0.2) is 0 Å². The van der Waals surface area contributed by atoms with E-state index in [-0.39, 0.29) is 17.9 Å².